The van der Waals surface area contributed by atoms with Crippen LogP contribution in [0.4, 0.5) is 0 Å². The van der Waals surface area contributed by atoms with E-state index < -0.39 is 0 Å². The van der Waals surface area contributed by atoms with Gasteiger partial charge in [0.15, 0.2) is 0 Å². The molecule has 1 heteroatoms. The van der Waals surface area contributed by atoms with Gasteiger partial charge in [-0.3, -0.25) is 0 Å². The zero-order chi connectivity index (χ0) is 12.6. The van der Waals surface area contributed by atoms with Crippen LogP contribution in [0.5, 0.6) is 0 Å². The molecule has 0 atom stereocenters. The fraction of sp³-hybridized carbons (Fsp3) is 0.625. The van der Waals surface area contributed by atoms with Crippen molar-refractivity contribution >= 4 is 0 Å². The van der Waals surface area contributed by atoms with E-state index in [0.29, 0.717) is 6.61 Å². The number of aliphatic hydroxyl groups is 1. The lowest BCUT2D eigenvalue weighted by Crippen LogP contribution is -1.83. The lowest BCUT2D eigenvalue weighted by Gasteiger charge is -1.98. The molecule has 0 heterocycles. The quantitative estimate of drug-likeness (QED) is 0.381. The third-order valence-corrected chi connectivity index (χ3v) is 2.69. The van der Waals surface area contributed by atoms with Gasteiger partial charge in [0.05, 0.1) is 0 Å². The normalized spacial score (nSPS) is 11.6. The summed E-state index contributed by atoms with van der Waals surface area (Å²) in [6, 6.07) is 0. The van der Waals surface area contributed by atoms with E-state index in [2.05, 4.69) is 30.9 Å². The Morgan fingerprint density at radius 3 is 2.00 bits per heavy atom. The molecule has 98 valence electrons. The third kappa shape index (κ3) is 15.2. The molecule has 0 aromatic carbocycles. The molecule has 0 aromatic rings. The smallest absolute Gasteiger partial charge is 0.0431 e. The monoisotopic (exact) mass is 236 g/mol. The molecule has 0 bridgehead atoms. The zero-order valence-electron chi connectivity index (χ0n) is 11.1. The van der Waals surface area contributed by atoms with Gasteiger partial charge in [-0.05, 0) is 32.1 Å². The minimum atomic E-state index is 0.349. The van der Waals surface area contributed by atoms with Crippen LogP contribution in [0.1, 0.15) is 57.8 Å². The van der Waals surface area contributed by atoms with Crippen molar-refractivity contribution in [3.8, 4) is 0 Å². The van der Waals surface area contributed by atoms with Gasteiger partial charge in [-0.15, -0.1) is 6.58 Å². The molecule has 17 heavy (non-hydrogen) atoms. The third-order valence-electron chi connectivity index (χ3n) is 2.69. The predicted octanol–water partition coefficient (Wildman–Crippen LogP) is 4.79. The van der Waals surface area contributed by atoms with E-state index in [1.807, 2.05) is 6.08 Å². The summed E-state index contributed by atoms with van der Waals surface area (Å²) in [6.07, 6.45) is 21.4. The van der Waals surface area contributed by atoms with E-state index in [9.17, 15) is 0 Å². The van der Waals surface area contributed by atoms with Crippen LogP contribution in [0.25, 0.3) is 0 Å². The molecule has 0 aliphatic rings. The molecule has 0 aliphatic carbocycles. The maximum Gasteiger partial charge on any atom is 0.0431 e. The standard InChI is InChI=1S/C16H28O/c1-2-3-4-5-6-7-8-9-10-11-12-13-14-15-16-17/h2,4-5,7-8,17H,1,3,6,9-16H2/b5-4+,8-7+. The highest BCUT2D eigenvalue weighted by molar-refractivity contribution is 4.95. The Bertz CT molecular complexity index is 204. The summed E-state index contributed by atoms with van der Waals surface area (Å²) in [4.78, 5) is 0. The van der Waals surface area contributed by atoms with Crippen LogP contribution in [-0.2, 0) is 0 Å². The van der Waals surface area contributed by atoms with Gasteiger partial charge < -0.3 is 5.11 Å². The average molecular weight is 236 g/mol. The van der Waals surface area contributed by atoms with Crippen LogP contribution in [-0.4, -0.2) is 11.7 Å². The highest BCUT2D eigenvalue weighted by atomic mass is 16.2. The van der Waals surface area contributed by atoms with Gasteiger partial charge >= 0.3 is 0 Å². The Morgan fingerprint density at radius 2 is 1.29 bits per heavy atom. The first kappa shape index (κ1) is 16.2. The Balaban J connectivity index is 3.11. The number of aliphatic hydroxyl groups excluding tert-OH is 1. The van der Waals surface area contributed by atoms with Gasteiger partial charge in [0.1, 0.15) is 0 Å². The summed E-state index contributed by atoms with van der Waals surface area (Å²) in [6.45, 7) is 4.02. The summed E-state index contributed by atoms with van der Waals surface area (Å²) < 4.78 is 0. The Kier molecular flexibility index (Phi) is 14.4. The number of unbranched alkanes of at least 4 members (excludes halogenated alkanes) is 6. The predicted molar refractivity (Wildman–Crippen MR) is 77.1 cm³/mol. The lowest BCUT2D eigenvalue weighted by atomic mass is 10.1. The first-order valence-electron chi connectivity index (χ1n) is 6.93. The molecular formula is C16H28O. The highest BCUT2D eigenvalue weighted by Crippen LogP contribution is 2.07. The fourth-order valence-electron chi connectivity index (χ4n) is 1.66. The van der Waals surface area contributed by atoms with Crippen LogP contribution in [0.15, 0.2) is 37.0 Å². The van der Waals surface area contributed by atoms with E-state index in [4.69, 9.17) is 5.11 Å². The van der Waals surface area contributed by atoms with Crippen molar-refractivity contribution in [2.45, 2.75) is 57.8 Å². The van der Waals surface area contributed by atoms with Crippen LogP contribution >= 0.6 is 0 Å². The molecule has 0 aliphatic heterocycles. The van der Waals surface area contributed by atoms with E-state index in [1.54, 1.807) is 0 Å². The maximum atomic E-state index is 8.62. The molecule has 0 unspecified atom stereocenters. The summed E-state index contributed by atoms with van der Waals surface area (Å²) in [5.74, 6) is 0. The van der Waals surface area contributed by atoms with Gasteiger partial charge in [0.25, 0.3) is 0 Å². The molecule has 0 spiro atoms. The molecule has 0 aromatic heterocycles. The van der Waals surface area contributed by atoms with Gasteiger partial charge in [0.2, 0.25) is 0 Å². The van der Waals surface area contributed by atoms with E-state index in [1.165, 1.54) is 38.5 Å². The van der Waals surface area contributed by atoms with E-state index in [-0.39, 0.29) is 0 Å². The Labute approximate surface area is 107 Å². The topological polar surface area (TPSA) is 20.2 Å². The first-order chi connectivity index (χ1) is 8.41. The Hall–Kier alpha value is -0.820. The molecule has 1 N–H and O–H groups in total. The van der Waals surface area contributed by atoms with Crippen molar-refractivity contribution in [2.24, 2.45) is 0 Å². The number of hydrogen-bond acceptors (Lipinski definition) is 1. The SMILES string of the molecule is C=CC/C=C/C/C=C/CCCCCCCCO. The van der Waals surface area contributed by atoms with Crippen molar-refractivity contribution in [2.75, 3.05) is 6.61 Å². The van der Waals surface area contributed by atoms with Crippen LogP contribution in [0.3, 0.4) is 0 Å². The first-order valence-corrected chi connectivity index (χ1v) is 6.93. The molecule has 0 fully saturated rings. The number of rotatable bonds is 12. The highest BCUT2D eigenvalue weighted by Gasteiger charge is 1.89. The number of allylic oxidation sites excluding steroid dienone is 5. The minimum Gasteiger partial charge on any atom is -0.396 e. The maximum absolute atomic E-state index is 8.62. The van der Waals surface area contributed by atoms with E-state index in [0.717, 1.165) is 19.3 Å². The average Bonchev–Trinajstić information content (AvgIpc) is 2.35. The van der Waals surface area contributed by atoms with Crippen molar-refractivity contribution in [3.63, 3.8) is 0 Å². The molecular weight excluding hydrogens is 208 g/mol. The molecule has 0 saturated carbocycles. The summed E-state index contributed by atoms with van der Waals surface area (Å²) in [5, 5.41) is 8.62. The summed E-state index contributed by atoms with van der Waals surface area (Å²) in [7, 11) is 0. The largest absolute Gasteiger partial charge is 0.396 e. The van der Waals surface area contributed by atoms with Gasteiger partial charge in [0, 0.05) is 6.61 Å². The van der Waals surface area contributed by atoms with Crippen LogP contribution in [0.2, 0.25) is 0 Å². The molecule has 0 rings (SSSR count). The summed E-state index contributed by atoms with van der Waals surface area (Å²) in [5.41, 5.74) is 0. The van der Waals surface area contributed by atoms with Crippen LogP contribution in [0, 0.1) is 0 Å². The Morgan fingerprint density at radius 1 is 0.706 bits per heavy atom. The molecule has 1 nitrogen and oxygen atoms in total. The van der Waals surface area contributed by atoms with Crippen LogP contribution < -0.4 is 0 Å². The minimum absolute atomic E-state index is 0.349. The van der Waals surface area contributed by atoms with Crippen molar-refractivity contribution in [1.29, 1.82) is 0 Å². The van der Waals surface area contributed by atoms with Crippen molar-refractivity contribution < 1.29 is 5.11 Å². The second-order valence-corrected chi connectivity index (χ2v) is 4.34. The lowest BCUT2D eigenvalue weighted by molar-refractivity contribution is 0.282. The zero-order valence-corrected chi connectivity index (χ0v) is 11.1. The van der Waals surface area contributed by atoms with E-state index >= 15 is 0 Å². The molecule has 0 amide bonds. The van der Waals surface area contributed by atoms with Crippen molar-refractivity contribution in [3.05, 3.63) is 37.0 Å². The van der Waals surface area contributed by atoms with Gasteiger partial charge in [-0.1, -0.05) is 56.1 Å². The van der Waals surface area contributed by atoms with Gasteiger partial charge in [-0.2, -0.15) is 0 Å². The second-order valence-electron chi connectivity index (χ2n) is 4.34. The molecule has 0 saturated heterocycles. The van der Waals surface area contributed by atoms with Crippen molar-refractivity contribution in [1.82, 2.24) is 0 Å². The summed E-state index contributed by atoms with van der Waals surface area (Å²) >= 11 is 0. The van der Waals surface area contributed by atoms with Gasteiger partial charge in [-0.25, -0.2) is 0 Å². The fourth-order valence-corrected chi connectivity index (χ4v) is 1.66. The number of hydrogen-bond donors (Lipinski definition) is 1. The second kappa shape index (κ2) is 15.2. The molecule has 0 radical (unpaired) electrons.